The van der Waals surface area contributed by atoms with Gasteiger partial charge in [0.05, 0.1) is 16.8 Å². The minimum absolute atomic E-state index is 0.353. The van der Waals surface area contributed by atoms with E-state index >= 15 is 0 Å². The van der Waals surface area contributed by atoms with E-state index in [1.807, 2.05) is 0 Å². The van der Waals surface area contributed by atoms with Gasteiger partial charge in [0.25, 0.3) is 0 Å². The van der Waals surface area contributed by atoms with Crippen molar-refractivity contribution >= 4 is 22.5 Å². The van der Waals surface area contributed by atoms with Gasteiger partial charge in [-0.05, 0) is 12.1 Å². The fraction of sp³-hybridized carbons (Fsp3) is 0.214. The molecule has 0 saturated carbocycles. The number of nitrogens with one attached hydrogen (secondary N) is 2. The molecule has 0 atom stereocenters. The van der Waals surface area contributed by atoms with Crippen molar-refractivity contribution in [2.75, 3.05) is 5.32 Å². The molecular formula is C14H6F9N5. The lowest BCUT2D eigenvalue weighted by atomic mass is 10.1. The van der Waals surface area contributed by atoms with Gasteiger partial charge in [-0.3, -0.25) is 5.10 Å². The maximum Gasteiger partial charge on any atom is 0.451 e. The molecule has 14 heteroatoms. The summed E-state index contributed by atoms with van der Waals surface area (Å²) in [5, 5.41) is 6.34. The SMILES string of the molecule is FC(F)(F)c1cc(Nc2n[nH]c(C(F)(F)F)n2)c2cccc(C(F)(F)F)c2n1. The Labute approximate surface area is 148 Å². The Bertz CT molecular complexity index is 1020. The van der Waals surface area contributed by atoms with Gasteiger partial charge in [-0.15, -0.1) is 5.10 Å². The van der Waals surface area contributed by atoms with Gasteiger partial charge in [-0.2, -0.15) is 44.5 Å². The second-order valence-corrected chi connectivity index (χ2v) is 5.38. The van der Waals surface area contributed by atoms with E-state index in [-0.39, 0.29) is 0 Å². The van der Waals surface area contributed by atoms with Crippen molar-refractivity contribution in [3.05, 3.63) is 41.3 Å². The third-order valence-electron chi connectivity index (χ3n) is 3.44. The van der Waals surface area contributed by atoms with Crippen molar-refractivity contribution in [2.24, 2.45) is 0 Å². The summed E-state index contributed by atoms with van der Waals surface area (Å²) in [6, 6.07) is 2.84. The molecule has 0 spiro atoms. The standard InChI is InChI=1S/C14H6F9N5/c15-12(16,17)6-3-1-2-5-7(4-8(13(18,19)20)25-9(5)6)24-11-26-10(27-28-11)14(21,22)23/h1-4H,(H2,24,25,26,27,28). The first kappa shape index (κ1) is 19.7. The number of halogens is 9. The van der Waals surface area contributed by atoms with Crippen LogP contribution >= 0.6 is 0 Å². The number of rotatable bonds is 2. The average Bonchev–Trinajstić information content (AvgIpc) is 3.01. The lowest BCUT2D eigenvalue weighted by Crippen LogP contribution is -2.12. The van der Waals surface area contributed by atoms with Crippen LogP contribution in [0.25, 0.3) is 10.9 Å². The quantitative estimate of drug-likeness (QED) is 0.568. The highest BCUT2D eigenvalue weighted by Crippen LogP contribution is 2.39. The van der Waals surface area contributed by atoms with Gasteiger partial charge in [0.15, 0.2) is 0 Å². The van der Waals surface area contributed by atoms with Gasteiger partial charge >= 0.3 is 18.5 Å². The van der Waals surface area contributed by atoms with Crippen LogP contribution in [0.4, 0.5) is 51.1 Å². The van der Waals surface area contributed by atoms with Crippen LogP contribution in [0.2, 0.25) is 0 Å². The molecule has 3 aromatic rings. The number of aromatic nitrogens is 4. The van der Waals surface area contributed by atoms with Crippen LogP contribution in [-0.4, -0.2) is 20.2 Å². The Morgan fingerprint density at radius 3 is 2.04 bits per heavy atom. The highest BCUT2D eigenvalue weighted by Gasteiger charge is 2.38. The predicted octanol–water partition coefficient (Wildman–Crippen LogP) is 5.15. The molecule has 2 aromatic heterocycles. The Kier molecular flexibility index (Phi) is 4.39. The Morgan fingerprint density at radius 1 is 0.821 bits per heavy atom. The monoisotopic (exact) mass is 415 g/mol. The van der Waals surface area contributed by atoms with Crippen LogP contribution in [0.3, 0.4) is 0 Å². The molecule has 0 radical (unpaired) electrons. The van der Waals surface area contributed by atoms with Crippen molar-refractivity contribution in [1.82, 2.24) is 20.2 Å². The second-order valence-electron chi connectivity index (χ2n) is 5.38. The first-order valence-corrected chi connectivity index (χ1v) is 7.11. The average molecular weight is 415 g/mol. The van der Waals surface area contributed by atoms with Gasteiger partial charge in [0, 0.05) is 5.39 Å². The molecule has 3 rings (SSSR count). The lowest BCUT2D eigenvalue weighted by Gasteiger charge is -2.15. The third kappa shape index (κ3) is 3.80. The van der Waals surface area contributed by atoms with Crippen molar-refractivity contribution in [2.45, 2.75) is 18.5 Å². The summed E-state index contributed by atoms with van der Waals surface area (Å²) in [5.41, 5.74) is -4.74. The molecule has 0 aliphatic rings. The van der Waals surface area contributed by atoms with Crippen molar-refractivity contribution < 1.29 is 39.5 Å². The maximum absolute atomic E-state index is 13.1. The molecule has 0 fully saturated rings. The fourth-order valence-corrected chi connectivity index (χ4v) is 2.29. The number of para-hydroxylation sites is 1. The Hall–Kier alpha value is -3.06. The Balaban J connectivity index is 2.19. The topological polar surface area (TPSA) is 66.5 Å². The third-order valence-corrected chi connectivity index (χ3v) is 3.44. The number of alkyl halides is 9. The van der Waals surface area contributed by atoms with Crippen LogP contribution in [0.5, 0.6) is 0 Å². The molecule has 0 amide bonds. The highest BCUT2D eigenvalue weighted by atomic mass is 19.4. The molecule has 0 bridgehead atoms. The normalized spacial score (nSPS) is 13.2. The zero-order valence-corrected chi connectivity index (χ0v) is 13.1. The molecule has 2 N–H and O–H groups in total. The van der Waals surface area contributed by atoms with Crippen LogP contribution in [-0.2, 0) is 18.5 Å². The summed E-state index contributed by atoms with van der Waals surface area (Å²) in [7, 11) is 0. The van der Waals surface area contributed by atoms with Crippen molar-refractivity contribution in [3.8, 4) is 0 Å². The minimum Gasteiger partial charge on any atom is -0.322 e. The number of anilines is 2. The fourth-order valence-electron chi connectivity index (χ4n) is 2.29. The van der Waals surface area contributed by atoms with Gasteiger partial charge in [0.2, 0.25) is 11.8 Å². The van der Waals surface area contributed by atoms with Crippen LogP contribution < -0.4 is 5.32 Å². The van der Waals surface area contributed by atoms with E-state index in [1.165, 1.54) is 5.10 Å². The van der Waals surface area contributed by atoms with E-state index in [4.69, 9.17) is 0 Å². The number of nitrogens with zero attached hydrogens (tertiary/aromatic N) is 3. The first-order valence-electron chi connectivity index (χ1n) is 7.11. The molecule has 0 aliphatic carbocycles. The first-order chi connectivity index (χ1) is 12.8. The van der Waals surface area contributed by atoms with Gasteiger partial charge in [-0.1, -0.05) is 12.1 Å². The van der Waals surface area contributed by atoms with Gasteiger partial charge in [-0.25, -0.2) is 4.98 Å². The Morgan fingerprint density at radius 2 is 1.50 bits per heavy atom. The van der Waals surface area contributed by atoms with Crippen LogP contribution in [0.1, 0.15) is 17.1 Å². The molecular weight excluding hydrogens is 409 g/mol. The minimum atomic E-state index is -5.11. The van der Waals surface area contributed by atoms with E-state index in [1.54, 1.807) is 0 Å². The summed E-state index contributed by atoms with van der Waals surface area (Å²) in [4.78, 5) is 6.07. The smallest absolute Gasteiger partial charge is 0.322 e. The zero-order chi connectivity index (χ0) is 20.9. The molecule has 2 heterocycles. The highest BCUT2D eigenvalue weighted by molar-refractivity contribution is 5.95. The number of fused-ring (bicyclic) bond motifs is 1. The molecule has 150 valence electrons. The molecule has 0 saturated heterocycles. The number of aromatic amines is 1. The molecule has 5 nitrogen and oxygen atoms in total. The largest absolute Gasteiger partial charge is 0.451 e. The van der Waals surface area contributed by atoms with Crippen molar-refractivity contribution in [1.29, 1.82) is 0 Å². The summed E-state index contributed by atoms with van der Waals surface area (Å²) < 4.78 is 116. The van der Waals surface area contributed by atoms with E-state index in [0.29, 0.717) is 12.1 Å². The maximum atomic E-state index is 13.1. The summed E-state index contributed by atoms with van der Waals surface area (Å²) in [5.74, 6) is -2.33. The number of hydrogen-bond acceptors (Lipinski definition) is 4. The number of hydrogen-bond donors (Lipinski definition) is 2. The molecule has 28 heavy (non-hydrogen) atoms. The summed E-state index contributed by atoms with van der Waals surface area (Å²) in [6.45, 7) is 0. The number of benzene rings is 1. The van der Waals surface area contributed by atoms with Gasteiger partial charge in [0.1, 0.15) is 5.69 Å². The van der Waals surface area contributed by atoms with E-state index < -0.39 is 58.1 Å². The van der Waals surface area contributed by atoms with E-state index in [2.05, 4.69) is 20.4 Å². The lowest BCUT2D eigenvalue weighted by molar-refractivity contribution is -0.144. The van der Waals surface area contributed by atoms with Crippen molar-refractivity contribution in [3.63, 3.8) is 0 Å². The molecule has 0 unspecified atom stereocenters. The summed E-state index contributed by atoms with van der Waals surface area (Å²) >= 11 is 0. The van der Waals surface area contributed by atoms with E-state index in [0.717, 1.165) is 12.1 Å². The number of H-pyrrole nitrogens is 1. The molecule has 1 aromatic carbocycles. The van der Waals surface area contributed by atoms with Crippen LogP contribution in [0, 0.1) is 0 Å². The number of pyridine rings is 1. The van der Waals surface area contributed by atoms with Gasteiger partial charge < -0.3 is 5.32 Å². The predicted molar refractivity (Wildman–Crippen MR) is 76.4 cm³/mol. The molecule has 0 aliphatic heterocycles. The zero-order valence-electron chi connectivity index (χ0n) is 13.1. The van der Waals surface area contributed by atoms with Crippen LogP contribution in [0.15, 0.2) is 24.3 Å². The van der Waals surface area contributed by atoms with E-state index in [9.17, 15) is 39.5 Å². The summed E-state index contributed by atoms with van der Waals surface area (Å²) in [6.07, 6.45) is -15.0. The second kappa shape index (κ2) is 6.24.